The zero-order valence-electron chi connectivity index (χ0n) is 12.8. The van der Waals surface area contributed by atoms with Gasteiger partial charge in [0, 0.05) is 24.6 Å². The number of aryl methyl sites for hydroxylation is 1. The summed E-state index contributed by atoms with van der Waals surface area (Å²) in [5, 5.41) is 7.23. The van der Waals surface area contributed by atoms with Gasteiger partial charge in [-0.3, -0.25) is 4.79 Å². The number of nitrogens with one attached hydrogen (secondary N) is 1. The molecule has 1 amide bonds. The van der Waals surface area contributed by atoms with E-state index in [1.54, 1.807) is 24.4 Å². The summed E-state index contributed by atoms with van der Waals surface area (Å²) in [5.41, 5.74) is 0.724. The number of pyridine rings is 1. The van der Waals surface area contributed by atoms with Gasteiger partial charge in [0.1, 0.15) is 5.82 Å². The standard InChI is InChI=1S/C17H15ClN4O2/c18-13-7-2-1-6-12(13)17-21-16(24-22-17)10-5-9-15(23)20-14-8-3-4-11-19-14/h1-4,6-8,11H,5,9-10H2,(H,19,20,23). The highest BCUT2D eigenvalue weighted by Crippen LogP contribution is 2.25. The Morgan fingerprint density at radius 3 is 2.79 bits per heavy atom. The molecule has 0 saturated heterocycles. The maximum absolute atomic E-state index is 11.8. The van der Waals surface area contributed by atoms with Gasteiger partial charge in [-0.2, -0.15) is 4.98 Å². The molecule has 0 saturated carbocycles. The van der Waals surface area contributed by atoms with Gasteiger partial charge in [0.05, 0.1) is 5.02 Å². The van der Waals surface area contributed by atoms with Crippen molar-refractivity contribution in [3.63, 3.8) is 0 Å². The maximum Gasteiger partial charge on any atom is 0.226 e. The van der Waals surface area contributed by atoms with Crippen LogP contribution < -0.4 is 5.32 Å². The van der Waals surface area contributed by atoms with Gasteiger partial charge in [-0.15, -0.1) is 0 Å². The molecule has 3 aromatic rings. The highest BCUT2D eigenvalue weighted by atomic mass is 35.5. The van der Waals surface area contributed by atoms with Gasteiger partial charge in [0.25, 0.3) is 0 Å². The second kappa shape index (κ2) is 7.70. The van der Waals surface area contributed by atoms with E-state index in [0.717, 1.165) is 5.56 Å². The topological polar surface area (TPSA) is 80.9 Å². The van der Waals surface area contributed by atoms with Crippen molar-refractivity contribution in [2.75, 3.05) is 5.32 Å². The van der Waals surface area contributed by atoms with E-state index in [9.17, 15) is 4.79 Å². The minimum absolute atomic E-state index is 0.0976. The summed E-state index contributed by atoms with van der Waals surface area (Å²) < 4.78 is 5.21. The van der Waals surface area contributed by atoms with Crippen LogP contribution in [0.1, 0.15) is 18.7 Å². The molecule has 0 aliphatic heterocycles. The van der Waals surface area contributed by atoms with Crippen LogP contribution in [0.2, 0.25) is 5.02 Å². The first kappa shape index (κ1) is 16.1. The van der Waals surface area contributed by atoms with Crippen LogP contribution in [0.3, 0.4) is 0 Å². The molecule has 122 valence electrons. The van der Waals surface area contributed by atoms with Gasteiger partial charge in [0.15, 0.2) is 0 Å². The minimum atomic E-state index is -0.0976. The Morgan fingerprint density at radius 1 is 1.17 bits per heavy atom. The van der Waals surface area contributed by atoms with Gasteiger partial charge >= 0.3 is 0 Å². The second-order valence-electron chi connectivity index (χ2n) is 5.11. The predicted octanol–water partition coefficient (Wildman–Crippen LogP) is 3.75. The number of aromatic nitrogens is 3. The molecule has 2 aromatic heterocycles. The van der Waals surface area contributed by atoms with Gasteiger partial charge in [-0.25, -0.2) is 4.98 Å². The highest BCUT2D eigenvalue weighted by Gasteiger charge is 2.12. The van der Waals surface area contributed by atoms with Crippen LogP contribution in [0.4, 0.5) is 5.82 Å². The summed E-state index contributed by atoms with van der Waals surface area (Å²) >= 11 is 6.11. The van der Waals surface area contributed by atoms with E-state index in [1.165, 1.54) is 0 Å². The van der Waals surface area contributed by atoms with E-state index in [4.69, 9.17) is 16.1 Å². The average Bonchev–Trinajstić information content (AvgIpc) is 3.05. The smallest absolute Gasteiger partial charge is 0.226 e. The van der Waals surface area contributed by atoms with E-state index in [2.05, 4.69) is 20.4 Å². The van der Waals surface area contributed by atoms with E-state index < -0.39 is 0 Å². The Bertz CT molecular complexity index is 820. The molecule has 1 aromatic carbocycles. The SMILES string of the molecule is O=C(CCCc1nc(-c2ccccc2Cl)no1)Nc1ccccn1. The Hall–Kier alpha value is -2.73. The summed E-state index contributed by atoms with van der Waals surface area (Å²) in [7, 11) is 0. The van der Waals surface area contributed by atoms with E-state index in [-0.39, 0.29) is 5.91 Å². The molecule has 0 aliphatic carbocycles. The number of carbonyl (C=O) groups excluding carboxylic acids is 1. The zero-order valence-corrected chi connectivity index (χ0v) is 13.5. The number of carbonyl (C=O) groups is 1. The van der Waals surface area contributed by atoms with Crippen LogP contribution >= 0.6 is 11.6 Å². The van der Waals surface area contributed by atoms with E-state index >= 15 is 0 Å². The first-order chi connectivity index (χ1) is 11.7. The van der Waals surface area contributed by atoms with Crippen molar-refractivity contribution in [2.24, 2.45) is 0 Å². The summed E-state index contributed by atoms with van der Waals surface area (Å²) in [5.74, 6) is 1.38. The first-order valence-corrected chi connectivity index (χ1v) is 7.88. The molecular weight excluding hydrogens is 328 g/mol. The van der Waals surface area contributed by atoms with Crippen molar-refractivity contribution in [2.45, 2.75) is 19.3 Å². The van der Waals surface area contributed by atoms with Crippen LogP contribution in [-0.2, 0) is 11.2 Å². The van der Waals surface area contributed by atoms with E-state index in [1.807, 2.05) is 24.3 Å². The Balaban J connectivity index is 1.51. The summed E-state index contributed by atoms with van der Waals surface area (Å²) in [4.78, 5) is 20.2. The lowest BCUT2D eigenvalue weighted by Crippen LogP contribution is -2.12. The lowest BCUT2D eigenvalue weighted by atomic mass is 10.2. The monoisotopic (exact) mass is 342 g/mol. The Labute approximate surface area is 143 Å². The van der Waals surface area contributed by atoms with Crippen molar-refractivity contribution in [1.29, 1.82) is 0 Å². The second-order valence-corrected chi connectivity index (χ2v) is 5.52. The number of halogens is 1. The minimum Gasteiger partial charge on any atom is -0.339 e. The third kappa shape index (κ3) is 4.17. The maximum atomic E-state index is 11.8. The zero-order chi connectivity index (χ0) is 16.8. The fraction of sp³-hybridized carbons (Fsp3) is 0.176. The molecule has 0 fully saturated rings. The lowest BCUT2D eigenvalue weighted by Gasteiger charge is -2.02. The first-order valence-electron chi connectivity index (χ1n) is 7.51. The molecular formula is C17H15ClN4O2. The number of benzene rings is 1. The third-order valence-electron chi connectivity index (χ3n) is 3.31. The molecule has 24 heavy (non-hydrogen) atoms. The molecule has 2 heterocycles. The van der Waals surface area contributed by atoms with Crippen molar-refractivity contribution in [3.05, 3.63) is 59.6 Å². The van der Waals surface area contributed by atoms with Crippen molar-refractivity contribution in [3.8, 4) is 11.4 Å². The number of amides is 1. The number of rotatable bonds is 6. The van der Waals surface area contributed by atoms with Crippen LogP contribution in [0.5, 0.6) is 0 Å². The summed E-state index contributed by atoms with van der Waals surface area (Å²) in [6, 6.07) is 12.7. The average molecular weight is 343 g/mol. The highest BCUT2D eigenvalue weighted by molar-refractivity contribution is 6.33. The number of anilines is 1. The largest absolute Gasteiger partial charge is 0.339 e. The molecule has 6 nitrogen and oxygen atoms in total. The van der Waals surface area contributed by atoms with Crippen molar-refractivity contribution >= 4 is 23.3 Å². The quantitative estimate of drug-likeness (QED) is 0.737. The van der Waals surface area contributed by atoms with Gasteiger partial charge in [-0.05, 0) is 30.7 Å². The van der Waals surface area contributed by atoms with Gasteiger partial charge in [0.2, 0.25) is 17.6 Å². The molecule has 0 atom stereocenters. The number of hydrogen-bond donors (Lipinski definition) is 1. The lowest BCUT2D eigenvalue weighted by molar-refractivity contribution is -0.116. The van der Waals surface area contributed by atoms with Crippen LogP contribution in [0, 0.1) is 0 Å². The molecule has 7 heteroatoms. The molecule has 0 aliphatic rings. The summed E-state index contributed by atoms with van der Waals surface area (Å²) in [6.45, 7) is 0. The Kier molecular flexibility index (Phi) is 5.18. The van der Waals surface area contributed by atoms with Crippen LogP contribution in [0.25, 0.3) is 11.4 Å². The normalized spacial score (nSPS) is 10.5. The molecule has 0 bridgehead atoms. The van der Waals surface area contributed by atoms with Crippen LogP contribution in [-0.4, -0.2) is 21.0 Å². The molecule has 0 spiro atoms. The van der Waals surface area contributed by atoms with Crippen molar-refractivity contribution in [1.82, 2.24) is 15.1 Å². The number of nitrogens with zero attached hydrogens (tertiary/aromatic N) is 3. The fourth-order valence-electron chi connectivity index (χ4n) is 2.15. The third-order valence-corrected chi connectivity index (χ3v) is 3.64. The molecule has 0 radical (unpaired) electrons. The molecule has 1 N–H and O–H groups in total. The van der Waals surface area contributed by atoms with Gasteiger partial charge < -0.3 is 9.84 Å². The predicted molar refractivity (Wildman–Crippen MR) is 90.5 cm³/mol. The fourth-order valence-corrected chi connectivity index (χ4v) is 2.37. The van der Waals surface area contributed by atoms with Gasteiger partial charge in [-0.1, -0.05) is 35.0 Å². The Morgan fingerprint density at radius 2 is 2.00 bits per heavy atom. The van der Waals surface area contributed by atoms with Crippen LogP contribution in [0.15, 0.2) is 53.2 Å². The number of hydrogen-bond acceptors (Lipinski definition) is 5. The summed E-state index contributed by atoms with van der Waals surface area (Å²) in [6.07, 6.45) is 3.10. The van der Waals surface area contributed by atoms with E-state index in [0.29, 0.717) is 41.8 Å². The van der Waals surface area contributed by atoms with Crippen molar-refractivity contribution < 1.29 is 9.32 Å². The molecule has 3 rings (SSSR count). The molecule has 0 unspecified atom stereocenters.